The highest BCUT2D eigenvalue weighted by atomic mass is 16.5. The van der Waals surface area contributed by atoms with E-state index in [1.807, 2.05) is 25.1 Å². The predicted octanol–water partition coefficient (Wildman–Crippen LogP) is 2.77. The van der Waals surface area contributed by atoms with Crippen molar-refractivity contribution in [2.24, 2.45) is 5.73 Å². The average Bonchev–Trinajstić information content (AvgIpc) is 2.41. The van der Waals surface area contributed by atoms with Crippen LogP contribution in [0.3, 0.4) is 0 Å². The molecule has 0 heterocycles. The number of rotatable bonds is 7. The van der Waals surface area contributed by atoms with Gasteiger partial charge in [0.2, 0.25) is 0 Å². The van der Waals surface area contributed by atoms with Gasteiger partial charge in [0.05, 0.1) is 6.61 Å². The predicted molar refractivity (Wildman–Crippen MR) is 78.5 cm³/mol. The van der Waals surface area contributed by atoms with E-state index in [-0.39, 0.29) is 6.04 Å². The minimum atomic E-state index is 0.187. The summed E-state index contributed by atoms with van der Waals surface area (Å²) in [4.78, 5) is 0. The fourth-order valence-electron chi connectivity index (χ4n) is 1.70. The van der Waals surface area contributed by atoms with Gasteiger partial charge in [0.15, 0.2) is 11.5 Å². The molecule has 0 saturated carbocycles. The van der Waals surface area contributed by atoms with Crippen LogP contribution in [0.1, 0.15) is 32.8 Å². The minimum absolute atomic E-state index is 0.187. The third-order valence-electron chi connectivity index (χ3n) is 2.81. The average molecular weight is 261 g/mol. The SMILES string of the molecule is CC#CCOc1ccc(CC(N)CC)cc1OCC. The fraction of sp³-hybridized carbons (Fsp3) is 0.500. The third-order valence-corrected chi connectivity index (χ3v) is 2.81. The monoisotopic (exact) mass is 261 g/mol. The topological polar surface area (TPSA) is 44.5 Å². The molecule has 0 fully saturated rings. The molecule has 0 aliphatic rings. The van der Waals surface area contributed by atoms with E-state index in [1.165, 1.54) is 5.56 Å². The zero-order valence-corrected chi connectivity index (χ0v) is 12.0. The van der Waals surface area contributed by atoms with E-state index in [9.17, 15) is 0 Å². The Morgan fingerprint density at radius 2 is 2.00 bits per heavy atom. The normalized spacial score (nSPS) is 11.4. The maximum absolute atomic E-state index is 5.97. The molecule has 1 aromatic carbocycles. The van der Waals surface area contributed by atoms with Crippen molar-refractivity contribution in [1.29, 1.82) is 0 Å². The zero-order chi connectivity index (χ0) is 14.1. The molecule has 0 aromatic heterocycles. The van der Waals surface area contributed by atoms with Gasteiger partial charge in [-0.1, -0.05) is 18.9 Å². The molecule has 1 aromatic rings. The van der Waals surface area contributed by atoms with Crippen molar-refractivity contribution in [2.45, 2.75) is 39.7 Å². The first-order valence-electron chi connectivity index (χ1n) is 6.74. The maximum Gasteiger partial charge on any atom is 0.162 e. The highest BCUT2D eigenvalue weighted by Crippen LogP contribution is 2.29. The highest BCUT2D eigenvalue weighted by Gasteiger charge is 2.08. The van der Waals surface area contributed by atoms with Gasteiger partial charge in [0.25, 0.3) is 0 Å². The molecule has 0 aliphatic heterocycles. The van der Waals surface area contributed by atoms with Crippen molar-refractivity contribution in [3.63, 3.8) is 0 Å². The second-order valence-electron chi connectivity index (χ2n) is 4.30. The van der Waals surface area contributed by atoms with Crippen molar-refractivity contribution in [1.82, 2.24) is 0 Å². The summed E-state index contributed by atoms with van der Waals surface area (Å²) in [5.41, 5.74) is 7.15. The quantitative estimate of drug-likeness (QED) is 0.768. The van der Waals surface area contributed by atoms with E-state index < -0.39 is 0 Å². The van der Waals surface area contributed by atoms with Gasteiger partial charge in [-0.15, -0.1) is 5.92 Å². The molecule has 0 aliphatic carbocycles. The lowest BCUT2D eigenvalue weighted by atomic mass is 10.0. The van der Waals surface area contributed by atoms with Crippen LogP contribution in [0.15, 0.2) is 18.2 Å². The van der Waals surface area contributed by atoms with Gasteiger partial charge in [-0.2, -0.15) is 0 Å². The Hall–Kier alpha value is -1.66. The highest BCUT2D eigenvalue weighted by molar-refractivity contribution is 5.43. The van der Waals surface area contributed by atoms with E-state index in [0.29, 0.717) is 13.2 Å². The lowest BCUT2D eigenvalue weighted by Gasteiger charge is -2.14. The molecule has 1 rings (SSSR count). The van der Waals surface area contributed by atoms with Crippen molar-refractivity contribution in [3.8, 4) is 23.3 Å². The molecule has 0 bridgehead atoms. The van der Waals surface area contributed by atoms with Crippen LogP contribution in [0.4, 0.5) is 0 Å². The van der Waals surface area contributed by atoms with Gasteiger partial charge >= 0.3 is 0 Å². The first-order valence-corrected chi connectivity index (χ1v) is 6.74. The number of hydrogen-bond acceptors (Lipinski definition) is 3. The second-order valence-corrected chi connectivity index (χ2v) is 4.30. The van der Waals surface area contributed by atoms with Crippen molar-refractivity contribution >= 4 is 0 Å². The maximum atomic E-state index is 5.97. The molecule has 0 saturated heterocycles. The summed E-state index contributed by atoms with van der Waals surface area (Å²) >= 11 is 0. The lowest BCUT2D eigenvalue weighted by Crippen LogP contribution is -2.21. The van der Waals surface area contributed by atoms with E-state index in [0.717, 1.165) is 24.3 Å². The standard InChI is InChI=1S/C16H23NO2/c1-4-7-10-19-15-9-8-13(11-14(17)5-2)12-16(15)18-6-3/h8-9,12,14H,5-6,10-11,17H2,1-3H3. The van der Waals surface area contributed by atoms with Crippen LogP contribution in [0, 0.1) is 11.8 Å². The molecule has 19 heavy (non-hydrogen) atoms. The summed E-state index contributed by atoms with van der Waals surface area (Å²) in [6, 6.07) is 6.16. The second kappa shape index (κ2) is 8.44. The van der Waals surface area contributed by atoms with Crippen LogP contribution in [0.5, 0.6) is 11.5 Å². The molecule has 3 heteroatoms. The number of nitrogens with two attached hydrogens (primary N) is 1. The van der Waals surface area contributed by atoms with Gasteiger partial charge in [0, 0.05) is 6.04 Å². The summed E-state index contributed by atoms with van der Waals surface area (Å²) in [5.74, 6) is 7.18. The number of benzene rings is 1. The van der Waals surface area contributed by atoms with E-state index in [1.54, 1.807) is 6.92 Å². The smallest absolute Gasteiger partial charge is 0.162 e. The van der Waals surface area contributed by atoms with Crippen LogP contribution < -0.4 is 15.2 Å². The molecule has 0 amide bonds. The van der Waals surface area contributed by atoms with Gasteiger partial charge in [0.1, 0.15) is 6.61 Å². The van der Waals surface area contributed by atoms with Gasteiger partial charge < -0.3 is 15.2 Å². The van der Waals surface area contributed by atoms with Crippen LogP contribution in [0.25, 0.3) is 0 Å². The van der Waals surface area contributed by atoms with Crippen LogP contribution in [0.2, 0.25) is 0 Å². The summed E-state index contributed by atoms with van der Waals surface area (Å²) in [6.45, 7) is 6.83. The molecule has 2 N–H and O–H groups in total. The molecule has 0 radical (unpaired) electrons. The lowest BCUT2D eigenvalue weighted by molar-refractivity contribution is 0.299. The Balaban J connectivity index is 2.82. The number of hydrogen-bond donors (Lipinski definition) is 1. The molecule has 104 valence electrons. The molecule has 1 atom stereocenters. The van der Waals surface area contributed by atoms with Crippen molar-refractivity contribution < 1.29 is 9.47 Å². The van der Waals surface area contributed by atoms with Crippen molar-refractivity contribution in [2.75, 3.05) is 13.2 Å². The Morgan fingerprint density at radius 3 is 2.63 bits per heavy atom. The third kappa shape index (κ3) is 5.23. The first-order chi connectivity index (χ1) is 9.21. The summed E-state index contributed by atoms with van der Waals surface area (Å²) in [7, 11) is 0. The summed E-state index contributed by atoms with van der Waals surface area (Å²) in [5, 5.41) is 0. The molecule has 1 unspecified atom stereocenters. The fourth-order valence-corrected chi connectivity index (χ4v) is 1.70. The van der Waals surface area contributed by atoms with E-state index in [4.69, 9.17) is 15.2 Å². The molecular formula is C16H23NO2. The Morgan fingerprint density at radius 1 is 1.21 bits per heavy atom. The van der Waals surface area contributed by atoms with Crippen LogP contribution in [-0.2, 0) is 6.42 Å². The first kappa shape index (κ1) is 15.4. The van der Waals surface area contributed by atoms with Gasteiger partial charge in [-0.05, 0) is 44.4 Å². The summed E-state index contributed by atoms with van der Waals surface area (Å²) in [6.07, 6.45) is 1.82. The molecule has 3 nitrogen and oxygen atoms in total. The van der Waals surface area contributed by atoms with Crippen LogP contribution >= 0.6 is 0 Å². The number of ether oxygens (including phenoxy) is 2. The molecule has 0 spiro atoms. The largest absolute Gasteiger partial charge is 0.490 e. The van der Waals surface area contributed by atoms with Gasteiger partial charge in [-0.25, -0.2) is 0 Å². The Kier molecular flexibility index (Phi) is 6.84. The minimum Gasteiger partial charge on any atom is -0.490 e. The Labute approximate surface area is 116 Å². The van der Waals surface area contributed by atoms with Crippen LogP contribution in [-0.4, -0.2) is 19.3 Å². The summed E-state index contributed by atoms with van der Waals surface area (Å²) < 4.78 is 11.2. The molecular weight excluding hydrogens is 238 g/mol. The van der Waals surface area contributed by atoms with E-state index in [2.05, 4.69) is 18.8 Å². The van der Waals surface area contributed by atoms with Crippen molar-refractivity contribution in [3.05, 3.63) is 23.8 Å². The van der Waals surface area contributed by atoms with E-state index >= 15 is 0 Å². The van der Waals surface area contributed by atoms with Gasteiger partial charge in [-0.3, -0.25) is 0 Å². The zero-order valence-electron chi connectivity index (χ0n) is 12.0. The Bertz CT molecular complexity index is 446.